The highest BCUT2D eigenvalue weighted by Crippen LogP contribution is 2.22. The van der Waals surface area contributed by atoms with E-state index in [2.05, 4.69) is 23.8 Å². The first-order valence-corrected chi connectivity index (χ1v) is 9.60. The lowest BCUT2D eigenvalue weighted by molar-refractivity contribution is 0.0576. The van der Waals surface area contributed by atoms with Crippen molar-refractivity contribution in [3.63, 3.8) is 0 Å². The molecule has 2 aromatic rings. The Morgan fingerprint density at radius 1 is 1.19 bits per heavy atom. The van der Waals surface area contributed by atoms with Crippen molar-refractivity contribution < 1.29 is 9.53 Å². The number of carbonyl (C=O) groups is 1. The molecule has 0 aliphatic carbocycles. The molecule has 1 aromatic carbocycles. The van der Waals surface area contributed by atoms with E-state index in [-0.39, 0.29) is 5.28 Å². The molecule has 1 amide bonds. The Morgan fingerprint density at radius 3 is 2.44 bits per heavy atom. The van der Waals surface area contributed by atoms with Gasteiger partial charge in [0.2, 0.25) is 5.28 Å². The molecule has 0 bridgehead atoms. The number of amides is 1. The van der Waals surface area contributed by atoms with Crippen molar-refractivity contribution in [3.8, 4) is 0 Å². The molecule has 1 heterocycles. The Kier molecular flexibility index (Phi) is 7.19. The van der Waals surface area contributed by atoms with Crippen molar-refractivity contribution in [2.24, 2.45) is 5.92 Å². The highest BCUT2D eigenvalue weighted by molar-refractivity contribution is 6.28. The molecule has 0 saturated heterocycles. The van der Waals surface area contributed by atoms with Crippen LogP contribution >= 0.6 is 11.6 Å². The van der Waals surface area contributed by atoms with Gasteiger partial charge in [-0.05, 0) is 56.7 Å². The number of halogens is 1. The number of carbonyl (C=O) groups excluding carboxylic acids is 1. The van der Waals surface area contributed by atoms with E-state index in [1.54, 1.807) is 0 Å². The fourth-order valence-corrected chi connectivity index (χ4v) is 2.67. The van der Waals surface area contributed by atoms with Crippen LogP contribution in [0.3, 0.4) is 0 Å². The maximum atomic E-state index is 12.9. The second-order valence-corrected chi connectivity index (χ2v) is 8.31. The van der Waals surface area contributed by atoms with Crippen molar-refractivity contribution in [1.82, 2.24) is 9.97 Å². The number of ether oxygens (including phenoxy) is 1. The molecule has 0 spiro atoms. The van der Waals surface area contributed by atoms with E-state index in [1.165, 1.54) is 4.90 Å². The second kappa shape index (κ2) is 9.18. The van der Waals surface area contributed by atoms with Gasteiger partial charge in [0.05, 0.1) is 6.54 Å². The molecule has 0 aliphatic heterocycles. The lowest BCUT2D eigenvalue weighted by Gasteiger charge is -2.27. The van der Waals surface area contributed by atoms with Gasteiger partial charge in [0.1, 0.15) is 11.4 Å². The summed E-state index contributed by atoms with van der Waals surface area (Å²) < 4.78 is 5.59. The molecule has 6 heteroatoms. The average molecular weight is 390 g/mol. The van der Waals surface area contributed by atoms with Crippen molar-refractivity contribution in [1.29, 1.82) is 0 Å². The van der Waals surface area contributed by atoms with Crippen LogP contribution in [0.25, 0.3) is 0 Å². The third-order valence-corrected chi connectivity index (χ3v) is 3.96. The average Bonchev–Trinajstić information content (AvgIpc) is 2.56. The molecule has 0 saturated carbocycles. The topological polar surface area (TPSA) is 55.3 Å². The van der Waals surface area contributed by atoms with Crippen molar-refractivity contribution in [2.75, 3.05) is 4.90 Å². The number of aromatic nitrogens is 2. The smallest absolute Gasteiger partial charge is 0.416 e. The minimum atomic E-state index is -0.608. The Morgan fingerprint density at radius 2 is 1.85 bits per heavy atom. The molecule has 0 fully saturated rings. The number of hydrogen-bond acceptors (Lipinski definition) is 4. The van der Waals surface area contributed by atoms with Crippen LogP contribution in [0.15, 0.2) is 36.4 Å². The molecule has 1 aromatic heterocycles. The number of anilines is 1. The van der Waals surface area contributed by atoms with Gasteiger partial charge in [-0.3, -0.25) is 4.90 Å². The van der Waals surface area contributed by atoms with Crippen LogP contribution in [0.2, 0.25) is 5.28 Å². The molecule has 0 aliphatic rings. The number of rotatable bonds is 6. The first kappa shape index (κ1) is 21.2. The van der Waals surface area contributed by atoms with Gasteiger partial charge in [-0.25, -0.2) is 14.8 Å². The van der Waals surface area contributed by atoms with Crippen LogP contribution in [0.5, 0.6) is 0 Å². The molecule has 27 heavy (non-hydrogen) atoms. The predicted molar refractivity (Wildman–Crippen MR) is 109 cm³/mol. The van der Waals surface area contributed by atoms with E-state index in [0.29, 0.717) is 18.3 Å². The van der Waals surface area contributed by atoms with E-state index < -0.39 is 11.7 Å². The molecule has 0 N–H and O–H groups in total. The third-order valence-electron chi connectivity index (χ3n) is 3.79. The zero-order valence-corrected chi connectivity index (χ0v) is 17.5. The Labute approximate surface area is 166 Å². The molecule has 0 unspecified atom stereocenters. The van der Waals surface area contributed by atoms with Gasteiger partial charge in [-0.1, -0.05) is 44.2 Å². The van der Waals surface area contributed by atoms with Crippen LogP contribution in [0, 0.1) is 5.92 Å². The van der Waals surface area contributed by atoms with Gasteiger partial charge in [-0.15, -0.1) is 0 Å². The molecule has 0 atom stereocenters. The van der Waals surface area contributed by atoms with Gasteiger partial charge in [0.15, 0.2) is 0 Å². The van der Waals surface area contributed by atoms with E-state index in [4.69, 9.17) is 16.3 Å². The molecule has 0 radical (unpaired) electrons. The highest BCUT2D eigenvalue weighted by atomic mass is 35.5. The van der Waals surface area contributed by atoms with Crippen LogP contribution < -0.4 is 4.90 Å². The number of benzene rings is 1. The summed E-state index contributed by atoms with van der Waals surface area (Å²) in [6, 6.07) is 11.5. The van der Waals surface area contributed by atoms with E-state index >= 15 is 0 Å². The fourth-order valence-electron chi connectivity index (χ4n) is 2.48. The third kappa shape index (κ3) is 7.18. The number of aryl methyl sites for hydroxylation is 1. The second-order valence-electron chi connectivity index (χ2n) is 7.97. The maximum Gasteiger partial charge on any atom is 0.416 e. The molecule has 146 valence electrons. The van der Waals surface area contributed by atoms with Gasteiger partial charge in [0.25, 0.3) is 0 Å². The van der Waals surface area contributed by atoms with Crippen LogP contribution in [-0.2, 0) is 17.7 Å². The van der Waals surface area contributed by atoms with E-state index in [9.17, 15) is 4.79 Å². The minimum Gasteiger partial charge on any atom is -0.443 e. The molecule has 5 nitrogen and oxygen atoms in total. The van der Waals surface area contributed by atoms with Crippen molar-refractivity contribution in [3.05, 3.63) is 52.9 Å². The maximum absolute atomic E-state index is 12.9. The molecule has 2 rings (SSSR count). The van der Waals surface area contributed by atoms with E-state index in [1.807, 2.05) is 57.2 Å². The standard InChI is InChI=1S/C21H28ClN3O2/c1-15(2)11-12-17-13-18(24-19(22)23-17)25(20(26)27-21(3,4)5)14-16-9-7-6-8-10-16/h6-10,13,15H,11-12,14H2,1-5H3. The lowest BCUT2D eigenvalue weighted by Crippen LogP contribution is -2.37. The first-order valence-electron chi connectivity index (χ1n) is 9.22. The predicted octanol–water partition coefficient (Wildman–Crippen LogP) is 5.66. The van der Waals surface area contributed by atoms with Gasteiger partial charge in [-0.2, -0.15) is 0 Å². The van der Waals surface area contributed by atoms with Gasteiger partial charge >= 0.3 is 6.09 Å². The SMILES string of the molecule is CC(C)CCc1cc(N(Cc2ccccc2)C(=O)OC(C)(C)C)nc(Cl)n1. The number of hydrogen-bond donors (Lipinski definition) is 0. The summed E-state index contributed by atoms with van der Waals surface area (Å²) in [7, 11) is 0. The molecular weight excluding hydrogens is 362 g/mol. The fraction of sp³-hybridized carbons (Fsp3) is 0.476. The van der Waals surface area contributed by atoms with Gasteiger partial charge < -0.3 is 4.74 Å². The Balaban J connectivity index is 2.35. The van der Waals surface area contributed by atoms with Crippen molar-refractivity contribution >= 4 is 23.5 Å². The Hall–Kier alpha value is -2.14. The lowest BCUT2D eigenvalue weighted by atomic mass is 10.1. The molecular formula is C21H28ClN3O2. The normalized spacial score (nSPS) is 11.5. The summed E-state index contributed by atoms with van der Waals surface area (Å²) in [5.74, 6) is 1.00. The summed E-state index contributed by atoms with van der Waals surface area (Å²) >= 11 is 6.15. The van der Waals surface area contributed by atoms with Crippen molar-refractivity contribution in [2.45, 2.75) is 59.6 Å². The van der Waals surface area contributed by atoms with Crippen LogP contribution in [-0.4, -0.2) is 21.7 Å². The summed E-state index contributed by atoms with van der Waals surface area (Å²) in [6.07, 6.45) is 1.30. The number of nitrogens with zero attached hydrogens (tertiary/aromatic N) is 3. The van der Waals surface area contributed by atoms with Crippen LogP contribution in [0.4, 0.5) is 10.6 Å². The monoisotopic (exact) mass is 389 g/mol. The first-order chi connectivity index (χ1) is 12.6. The summed E-state index contributed by atoms with van der Waals surface area (Å²) in [5, 5.41) is 0.132. The zero-order chi connectivity index (χ0) is 20.0. The summed E-state index contributed by atoms with van der Waals surface area (Å²) in [6.45, 7) is 10.2. The quantitative estimate of drug-likeness (QED) is 0.598. The minimum absolute atomic E-state index is 0.132. The highest BCUT2D eigenvalue weighted by Gasteiger charge is 2.25. The van der Waals surface area contributed by atoms with Crippen LogP contribution in [0.1, 0.15) is 52.3 Å². The van der Waals surface area contributed by atoms with Gasteiger partial charge in [0, 0.05) is 11.8 Å². The summed E-state index contributed by atoms with van der Waals surface area (Å²) in [5.41, 5.74) is 1.19. The summed E-state index contributed by atoms with van der Waals surface area (Å²) in [4.78, 5) is 23.0. The Bertz CT molecular complexity index is 758. The largest absolute Gasteiger partial charge is 0.443 e. The zero-order valence-electron chi connectivity index (χ0n) is 16.7. The van der Waals surface area contributed by atoms with E-state index in [0.717, 1.165) is 24.1 Å².